The standard InChI is InChI=1S/C17H24O4/c1-4-10-20-17(19)16(11-13(2)3)21-15-7-5-6-14(12-15)8-9-18/h4-7,12-13,16,18H,1,8-11H2,2-3H3/t16-/m1/s1. The third kappa shape index (κ3) is 6.45. The Morgan fingerprint density at radius 1 is 1.43 bits per heavy atom. The Balaban J connectivity index is 2.77. The van der Waals surface area contributed by atoms with E-state index in [0.29, 0.717) is 24.5 Å². The average Bonchev–Trinajstić information content (AvgIpc) is 2.44. The second-order valence-electron chi connectivity index (χ2n) is 5.28. The van der Waals surface area contributed by atoms with Gasteiger partial charge in [-0.3, -0.25) is 0 Å². The molecule has 0 aromatic heterocycles. The Labute approximate surface area is 126 Å². The summed E-state index contributed by atoms with van der Waals surface area (Å²) in [6.45, 7) is 7.85. The minimum absolute atomic E-state index is 0.0836. The fraction of sp³-hybridized carbons (Fsp3) is 0.471. The van der Waals surface area contributed by atoms with Gasteiger partial charge >= 0.3 is 5.97 Å². The highest BCUT2D eigenvalue weighted by Crippen LogP contribution is 2.19. The first kappa shape index (κ1) is 17.2. The van der Waals surface area contributed by atoms with Crippen LogP contribution in [0.2, 0.25) is 0 Å². The van der Waals surface area contributed by atoms with Gasteiger partial charge in [-0.25, -0.2) is 4.79 Å². The summed E-state index contributed by atoms with van der Waals surface area (Å²) < 4.78 is 10.9. The molecule has 0 amide bonds. The van der Waals surface area contributed by atoms with E-state index in [1.54, 1.807) is 6.07 Å². The molecule has 0 unspecified atom stereocenters. The van der Waals surface area contributed by atoms with Crippen LogP contribution in [0.15, 0.2) is 36.9 Å². The van der Waals surface area contributed by atoms with Crippen molar-refractivity contribution in [3.63, 3.8) is 0 Å². The van der Waals surface area contributed by atoms with E-state index in [4.69, 9.17) is 14.6 Å². The molecule has 21 heavy (non-hydrogen) atoms. The van der Waals surface area contributed by atoms with E-state index in [1.165, 1.54) is 6.08 Å². The number of benzene rings is 1. The second-order valence-corrected chi connectivity index (χ2v) is 5.28. The van der Waals surface area contributed by atoms with Crippen LogP contribution in [-0.4, -0.2) is 30.4 Å². The number of hydrogen-bond acceptors (Lipinski definition) is 4. The minimum Gasteiger partial charge on any atom is -0.479 e. The van der Waals surface area contributed by atoms with Crippen LogP contribution in [0, 0.1) is 5.92 Å². The number of ether oxygens (including phenoxy) is 2. The molecule has 0 bridgehead atoms. The van der Waals surface area contributed by atoms with Crippen LogP contribution in [0.25, 0.3) is 0 Å². The van der Waals surface area contributed by atoms with Crippen LogP contribution in [-0.2, 0) is 16.0 Å². The quantitative estimate of drug-likeness (QED) is 0.561. The second kappa shape index (κ2) is 9.19. The Hall–Kier alpha value is -1.81. The maximum atomic E-state index is 12.0. The highest BCUT2D eigenvalue weighted by molar-refractivity contribution is 5.75. The van der Waals surface area contributed by atoms with Gasteiger partial charge in [0.2, 0.25) is 0 Å². The summed E-state index contributed by atoms with van der Waals surface area (Å²) in [6.07, 6.45) is 2.05. The van der Waals surface area contributed by atoms with Crippen LogP contribution in [0.1, 0.15) is 25.8 Å². The van der Waals surface area contributed by atoms with Crippen LogP contribution >= 0.6 is 0 Å². The number of carbonyl (C=O) groups is 1. The molecule has 116 valence electrons. The summed E-state index contributed by atoms with van der Waals surface area (Å²) in [5.41, 5.74) is 0.970. The largest absolute Gasteiger partial charge is 0.479 e. The summed E-state index contributed by atoms with van der Waals surface area (Å²) in [5.74, 6) is 0.546. The highest BCUT2D eigenvalue weighted by atomic mass is 16.6. The lowest BCUT2D eigenvalue weighted by molar-refractivity contribution is -0.151. The molecule has 1 aromatic carbocycles. The first-order valence-corrected chi connectivity index (χ1v) is 7.20. The molecule has 4 nitrogen and oxygen atoms in total. The normalized spacial score (nSPS) is 12.0. The maximum Gasteiger partial charge on any atom is 0.347 e. The molecule has 0 heterocycles. The molecule has 0 aliphatic heterocycles. The minimum atomic E-state index is -0.630. The van der Waals surface area contributed by atoms with Gasteiger partial charge in [-0.15, -0.1) is 0 Å². The van der Waals surface area contributed by atoms with Crippen molar-refractivity contribution in [2.45, 2.75) is 32.8 Å². The molecule has 0 fully saturated rings. The van der Waals surface area contributed by atoms with E-state index in [1.807, 2.05) is 32.0 Å². The molecule has 0 radical (unpaired) electrons. The zero-order valence-corrected chi connectivity index (χ0v) is 12.7. The Kier molecular flexibility index (Phi) is 7.54. The fourth-order valence-corrected chi connectivity index (χ4v) is 1.92. The van der Waals surface area contributed by atoms with E-state index >= 15 is 0 Å². The molecule has 1 aromatic rings. The topological polar surface area (TPSA) is 55.8 Å². The summed E-state index contributed by atoms with van der Waals surface area (Å²) >= 11 is 0. The van der Waals surface area contributed by atoms with Gasteiger partial charge in [0.05, 0.1) is 0 Å². The van der Waals surface area contributed by atoms with Crippen LogP contribution in [0.5, 0.6) is 5.75 Å². The molecule has 0 aliphatic carbocycles. The molecule has 1 atom stereocenters. The van der Waals surface area contributed by atoms with Crippen molar-refractivity contribution >= 4 is 5.97 Å². The fourth-order valence-electron chi connectivity index (χ4n) is 1.92. The van der Waals surface area contributed by atoms with Crippen molar-refractivity contribution in [1.29, 1.82) is 0 Å². The molecule has 0 spiro atoms. The number of aliphatic hydroxyl groups is 1. The molecule has 0 saturated heterocycles. The van der Waals surface area contributed by atoms with Crippen LogP contribution in [0.3, 0.4) is 0 Å². The third-order valence-corrected chi connectivity index (χ3v) is 2.87. The number of esters is 1. The van der Waals surface area contributed by atoms with Crippen molar-refractivity contribution in [1.82, 2.24) is 0 Å². The average molecular weight is 292 g/mol. The smallest absolute Gasteiger partial charge is 0.347 e. The Morgan fingerprint density at radius 2 is 2.19 bits per heavy atom. The molecule has 4 heteroatoms. The summed E-state index contributed by atoms with van der Waals surface area (Å²) in [7, 11) is 0. The van der Waals surface area contributed by atoms with Gasteiger partial charge in [0.1, 0.15) is 12.4 Å². The van der Waals surface area contributed by atoms with E-state index in [0.717, 1.165) is 5.56 Å². The number of rotatable bonds is 9. The maximum absolute atomic E-state index is 12.0. The van der Waals surface area contributed by atoms with Crippen molar-refractivity contribution < 1.29 is 19.4 Å². The van der Waals surface area contributed by atoms with Crippen molar-refractivity contribution in [3.8, 4) is 5.75 Å². The lowest BCUT2D eigenvalue weighted by Crippen LogP contribution is -2.31. The summed E-state index contributed by atoms with van der Waals surface area (Å²) in [6, 6.07) is 7.40. The number of aliphatic hydroxyl groups excluding tert-OH is 1. The molecule has 0 aliphatic rings. The van der Waals surface area contributed by atoms with Crippen molar-refractivity contribution in [3.05, 3.63) is 42.5 Å². The van der Waals surface area contributed by atoms with E-state index in [2.05, 4.69) is 6.58 Å². The first-order chi connectivity index (χ1) is 10.1. The van der Waals surface area contributed by atoms with Gasteiger partial charge in [0.25, 0.3) is 0 Å². The van der Waals surface area contributed by atoms with Gasteiger partial charge in [0, 0.05) is 6.61 Å². The van der Waals surface area contributed by atoms with Crippen LogP contribution in [0.4, 0.5) is 0 Å². The van der Waals surface area contributed by atoms with Crippen molar-refractivity contribution in [2.75, 3.05) is 13.2 Å². The highest BCUT2D eigenvalue weighted by Gasteiger charge is 2.23. The van der Waals surface area contributed by atoms with Gasteiger partial charge in [-0.1, -0.05) is 38.6 Å². The van der Waals surface area contributed by atoms with Crippen LogP contribution < -0.4 is 4.74 Å². The molecular formula is C17H24O4. The zero-order chi connectivity index (χ0) is 15.7. The number of hydrogen-bond donors (Lipinski definition) is 1. The van der Waals surface area contributed by atoms with Gasteiger partial charge in [0.15, 0.2) is 6.10 Å². The van der Waals surface area contributed by atoms with Gasteiger partial charge < -0.3 is 14.6 Å². The molecule has 1 rings (SSSR count). The Morgan fingerprint density at radius 3 is 2.81 bits per heavy atom. The summed E-state index contributed by atoms with van der Waals surface area (Å²) in [4.78, 5) is 12.0. The number of carbonyl (C=O) groups excluding carboxylic acids is 1. The molecule has 1 N–H and O–H groups in total. The monoisotopic (exact) mass is 292 g/mol. The predicted molar refractivity (Wildman–Crippen MR) is 82.3 cm³/mol. The lowest BCUT2D eigenvalue weighted by atomic mass is 10.1. The molecular weight excluding hydrogens is 268 g/mol. The van der Waals surface area contributed by atoms with Gasteiger partial charge in [-0.05, 0) is 36.5 Å². The van der Waals surface area contributed by atoms with E-state index < -0.39 is 6.10 Å². The van der Waals surface area contributed by atoms with E-state index in [9.17, 15) is 4.79 Å². The summed E-state index contributed by atoms with van der Waals surface area (Å²) in [5, 5.41) is 8.97. The zero-order valence-electron chi connectivity index (χ0n) is 12.7. The molecule has 0 saturated carbocycles. The first-order valence-electron chi connectivity index (χ1n) is 7.20. The van der Waals surface area contributed by atoms with E-state index in [-0.39, 0.29) is 19.2 Å². The SMILES string of the molecule is C=CCOC(=O)[C@@H](CC(C)C)Oc1cccc(CCO)c1. The van der Waals surface area contributed by atoms with Crippen molar-refractivity contribution in [2.24, 2.45) is 5.92 Å². The third-order valence-electron chi connectivity index (χ3n) is 2.87. The lowest BCUT2D eigenvalue weighted by Gasteiger charge is -2.19. The predicted octanol–water partition coefficient (Wildman–Crippen LogP) is 2.74. The Bertz CT molecular complexity index is 454. The van der Waals surface area contributed by atoms with Gasteiger partial charge in [-0.2, -0.15) is 0 Å².